The Balaban J connectivity index is 2.39. The average molecular weight is 333 g/mol. The molecule has 0 atom stereocenters. The quantitative estimate of drug-likeness (QED) is 0.300. The molecule has 4 nitrogen and oxygen atoms in total. The first kappa shape index (κ1) is 16.5. The van der Waals surface area contributed by atoms with E-state index < -0.39 is 40.7 Å². The van der Waals surface area contributed by atoms with Gasteiger partial charge in [-0.3, -0.25) is 0 Å². The minimum absolute atomic E-state index is 0.0324. The third-order valence-electron chi connectivity index (χ3n) is 2.61. The van der Waals surface area contributed by atoms with E-state index in [1.165, 1.54) is 0 Å². The summed E-state index contributed by atoms with van der Waals surface area (Å²) in [5.41, 5.74) is 6.53. The summed E-state index contributed by atoms with van der Waals surface area (Å²) in [5.74, 6) is -6.24. The molecular formula is C13H5F6N3O. The predicted molar refractivity (Wildman–Crippen MR) is 66.6 cm³/mol. The molecule has 0 N–H and O–H groups in total. The molecule has 2 aromatic carbocycles. The number of hydrogen-bond donors (Lipinski definition) is 0. The number of halogens is 6. The zero-order chi connectivity index (χ0) is 17.2. The lowest BCUT2D eigenvalue weighted by atomic mass is 10.2. The SMILES string of the molecule is [N-]=[N+]=Nc1ccc(Oc2c(F)cc(C(F)(F)F)cc2F)c(F)c1. The summed E-state index contributed by atoms with van der Waals surface area (Å²) in [4.78, 5) is 2.41. The molecule has 0 saturated heterocycles. The standard InChI is InChI=1S/C13H5F6N3O/c14-8-5-7(21-22-20)1-2-11(8)23-12-9(15)3-6(4-10(12)16)13(17,18)19/h1-5H. The van der Waals surface area contributed by atoms with Gasteiger partial charge in [0.2, 0.25) is 0 Å². The summed E-state index contributed by atoms with van der Waals surface area (Å²) in [6.07, 6.45) is -4.94. The Morgan fingerprint density at radius 1 is 0.957 bits per heavy atom. The van der Waals surface area contributed by atoms with Gasteiger partial charge in [0, 0.05) is 10.6 Å². The minimum atomic E-state index is -4.94. The number of azide groups is 1. The summed E-state index contributed by atoms with van der Waals surface area (Å²) >= 11 is 0. The number of alkyl halides is 3. The Bertz CT molecular complexity index is 776. The lowest BCUT2D eigenvalue weighted by Gasteiger charge is -2.12. The van der Waals surface area contributed by atoms with Crippen LogP contribution >= 0.6 is 0 Å². The maximum atomic E-state index is 13.7. The van der Waals surface area contributed by atoms with E-state index in [2.05, 4.69) is 14.8 Å². The van der Waals surface area contributed by atoms with Crippen molar-refractivity contribution in [1.82, 2.24) is 0 Å². The predicted octanol–water partition coefficient (Wildman–Crippen LogP) is 5.86. The van der Waals surface area contributed by atoms with Crippen LogP contribution < -0.4 is 4.74 Å². The molecule has 0 radical (unpaired) electrons. The van der Waals surface area contributed by atoms with Crippen LogP contribution in [-0.4, -0.2) is 0 Å². The van der Waals surface area contributed by atoms with Gasteiger partial charge in [0.05, 0.1) is 5.56 Å². The molecule has 0 heterocycles. The van der Waals surface area contributed by atoms with E-state index in [1.807, 2.05) is 0 Å². The third kappa shape index (κ3) is 3.67. The van der Waals surface area contributed by atoms with Gasteiger partial charge in [0.15, 0.2) is 29.0 Å². The summed E-state index contributed by atoms with van der Waals surface area (Å²) in [5, 5.41) is 3.10. The summed E-state index contributed by atoms with van der Waals surface area (Å²) in [6, 6.07) is 2.80. The van der Waals surface area contributed by atoms with Crippen LogP contribution in [0.5, 0.6) is 11.5 Å². The molecule has 0 spiro atoms. The Hall–Kier alpha value is -2.87. The third-order valence-corrected chi connectivity index (χ3v) is 2.61. The van der Waals surface area contributed by atoms with Crippen LogP contribution in [0.3, 0.4) is 0 Å². The van der Waals surface area contributed by atoms with Gasteiger partial charge < -0.3 is 4.74 Å². The van der Waals surface area contributed by atoms with E-state index in [9.17, 15) is 26.3 Å². The highest BCUT2D eigenvalue weighted by atomic mass is 19.4. The molecule has 0 aliphatic heterocycles. The van der Waals surface area contributed by atoms with E-state index in [-0.39, 0.29) is 17.8 Å². The minimum Gasteiger partial charge on any atom is -0.448 e. The monoisotopic (exact) mass is 333 g/mol. The zero-order valence-corrected chi connectivity index (χ0v) is 10.9. The van der Waals surface area contributed by atoms with Crippen LogP contribution in [0.1, 0.15) is 5.56 Å². The molecule has 0 unspecified atom stereocenters. The maximum Gasteiger partial charge on any atom is 0.416 e. The van der Waals surface area contributed by atoms with Crippen LogP contribution in [0.4, 0.5) is 32.0 Å². The highest BCUT2D eigenvalue weighted by Gasteiger charge is 2.33. The maximum absolute atomic E-state index is 13.7. The van der Waals surface area contributed by atoms with Gasteiger partial charge in [0.25, 0.3) is 0 Å². The normalized spacial score (nSPS) is 11.0. The van der Waals surface area contributed by atoms with Crippen molar-refractivity contribution < 1.29 is 31.1 Å². The first-order chi connectivity index (χ1) is 10.7. The molecule has 0 amide bonds. The van der Waals surface area contributed by atoms with Gasteiger partial charge >= 0.3 is 6.18 Å². The lowest BCUT2D eigenvalue weighted by molar-refractivity contribution is -0.138. The number of rotatable bonds is 3. The number of ether oxygens (including phenoxy) is 1. The van der Waals surface area contributed by atoms with Crippen LogP contribution in [-0.2, 0) is 6.18 Å². The van der Waals surface area contributed by atoms with Crippen molar-refractivity contribution >= 4 is 5.69 Å². The van der Waals surface area contributed by atoms with Gasteiger partial charge in [0.1, 0.15) is 0 Å². The van der Waals surface area contributed by atoms with Crippen LogP contribution in [0.15, 0.2) is 35.4 Å². The van der Waals surface area contributed by atoms with Crippen LogP contribution in [0.25, 0.3) is 10.4 Å². The number of benzene rings is 2. The first-order valence-electron chi connectivity index (χ1n) is 5.81. The molecule has 0 bridgehead atoms. The summed E-state index contributed by atoms with van der Waals surface area (Å²) in [7, 11) is 0. The molecule has 0 fully saturated rings. The first-order valence-corrected chi connectivity index (χ1v) is 5.81. The smallest absolute Gasteiger partial charge is 0.416 e. The Morgan fingerprint density at radius 2 is 1.57 bits per heavy atom. The van der Waals surface area contributed by atoms with Gasteiger partial charge in [-0.25, -0.2) is 13.2 Å². The topological polar surface area (TPSA) is 58.0 Å². The molecule has 0 aromatic heterocycles. The van der Waals surface area contributed by atoms with Gasteiger partial charge in [-0.2, -0.15) is 13.2 Å². The van der Waals surface area contributed by atoms with Crippen molar-refractivity contribution in [3.63, 3.8) is 0 Å². The van der Waals surface area contributed by atoms with Crippen molar-refractivity contribution in [1.29, 1.82) is 0 Å². The van der Waals surface area contributed by atoms with Gasteiger partial charge in [-0.15, -0.1) is 0 Å². The highest BCUT2D eigenvalue weighted by molar-refractivity contribution is 5.44. The molecular weight excluding hydrogens is 328 g/mol. The molecule has 23 heavy (non-hydrogen) atoms. The second-order valence-corrected chi connectivity index (χ2v) is 4.17. The van der Waals surface area contributed by atoms with Crippen molar-refractivity contribution in [3.05, 3.63) is 63.8 Å². The molecule has 0 aliphatic rings. The van der Waals surface area contributed by atoms with Crippen molar-refractivity contribution in [2.75, 3.05) is 0 Å². The Morgan fingerprint density at radius 3 is 2.04 bits per heavy atom. The van der Waals surface area contributed by atoms with Gasteiger partial charge in [-0.05, 0) is 35.9 Å². The van der Waals surface area contributed by atoms with Crippen molar-refractivity contribution in [3.8, 4) is 11.5 Å². The largest absolute Gasteiger partial charge is 0.448 e. The second kappa shape index (κ2) is 6.09. The highest BCUT2D eigenvalue weighted by Crippen LogP contribution is 2.36. The van der Waals surface area contributed by atoms with E-state index in [0.29, 0.717) is 0 Å². The Labute approximate surface area is 124 Å². The second-order valence-electron chi connectivity index (χ2n) is 4.17. The molecule has 10 heteroatoms. The molecule has 0 saturated carbocycles. The molecule has 2 aromatic rings. The van der Waals surface area contributed by atoms with Crippen LogP contribution in [0, 0.1) is 17.5 Å². The van der Waals surface area contributed by atoms with E-state index in [4.69, 9.17) is 5.53 Å². The number of nitrogens with zero attached hydrogens (tertiary/aromatic N) is 3. The molecule has 0 aliphatic carbocycles. The molecule has 120 valence electrons. The number of hydrogen-bond acceptors (Lipinski definition) is 2. The average Bonchev–Trinajstić information content (AvgIpc) is 2.44. The fourth-order valence-corrected chi connectivity index (χ4v) is 1.62. The van der Waals surface area contributed by atoms with Crippen LogP contribution in [0.2, 0.25) is 0 Å². The van der Waals surface area contributed by atoms with E-state index >= 15 is 0 Å². The zero-order valence-electron chi connectivity index (χ0n) is 10.9. The van der Waals surface area contributed by atoms with Crippen molar-refractivity contribution in [2.24, 2.45) is 5.11 Å². The van der Waals surface area contributed by atoms with Crippen molar-refractivity contribution in [2.45, 2.75) is 6.18 Å². The Kier molecular flexibility index (Phi) is 4.37. The summed E-state index contributed by atoms with van der Waals surface area (Å²) in [6.45, 7) is 0. The van der Waals surface area contributed by atoms with Gasteiger partial charge in [-0.1, -0.05) is 5.11 Å². The van der Waals surface area contributed by atoms with E-state index in [1.54, 1.807) is 0 Å². The molecule has 2 rings (SSSR count). The lowest BCUT2D eigenvalue weighted by Crippen LogP contribution is -2.07. The fourth-order valence-electron chi connectivity index (χ4n) is 1.62. The summed E-state index contributed by atoms with van der Waals surface area (Å²) < 4.78 is 82.8. The fraction of sp³-hybridized carbons (Fsp3) is 0.0769. The van der Waals surface area contributed by atoms with E-state index in [0.717, 1.165) is 18.2 Å².